The summed E-state index contributed by atoms with van der Waals surface area (Å²) in [6, 6.07) is 13.3. The van der Waals surface area contributed by atoms with Crippen LogP contribution in [0.3, 0.4) is 0 Å². The van der Waals surface area contributed by atoms with E-state index >= 15 is 0 Å². The van der Waals surface area contributed by atoms with Gasteiger partial charge in [0.15, 0.2) is 11.5 Å². The van der Waals surface area contributed by atoms with Crippen molar-refractivity contribution >= 4 is 11.9 Å². The van der Waals surface area contributed by atoms with Gasteiger partial charge in [0.1, 0.15) is 19.0 Å². The second-order valence-corrected chi connectivity index (χ2v) is 8.21. The number of aromatic nitrogens is 3. The van der Waals surface area contributed by atoms with E-state index in [0.717, 1.165) is 24.0 Å². The molecule has 0 fully saturated rings. The highest BCUT2D eigenvalue weighted by Crippen LogP contribution is 2.39. The number of methoxy groups -OCH3 is 1. The quantitative estimate of drug-likeness (QED) is 0.361. The van der Waals surface area contributed by atoms with Gasteiger partial charge < -0.3 is 19.5 Å². The van der Waals surface area contributed by atoms with Crippen molar-refractivity contribution in [2.45, 2.75) is 46.3 Å². The van der Waals surface area contributed by atoms with Gasteiger partial charge >= 0.3 is 5.97 Å². The Bertz CT molecular complexity index is 1200. The van der Waals surface area contributed by atoms with Crippen LogP contribution in [0.2, 0.25) is 0 Å². The number of carbonyl (C=O) groups excluding carboxylic acids is 1. The minimum Gasteiger partial charge on any atom is -0.493 e. The largest absolute Gasteiger partial charge is 0.493 e. The fraction of sp³-hybridized carbons (Fsp3) is 0.346. The molecular weight excluding hydrogens is 432 g/mol. The van der Waals surface area contributed by atoms with Crippen LogP contribution >= 0.6 is 0 Å². The maximum atomic E-state index is 13.1. The number of unbranched alkanes of at least 4 members (excludes halogenated alkanes) is 1. The molecule has 0 saturated carbocycles. The van der Waals surface area contributed by atoms with Gasteiger partial charge in [-0.05, 0) is 49.1 Å². The number of nitrogens with one attached hydrogen (secondary N) is 1. The van der Waals surface area contributed by atoms with Crippen molar-refractivity contribution in [3.05, 3.63) is 76.8 Å². The van der Waals surface area contributed by atoms with Gasteiger partial charge in [0.2, 0.25) is 5.95 Å². The number of esters is 1. The van der Waals surface area contributed by atoms with E-state index in [2.05, 4.69) is 35.3 Å². The molecule has 178 valence electrons. The molecule has 0 radical (unpaired) electrons. The summed E-state index contributed by atoms with van der Waals surface area (Å²) in [6.45, 7) is 6.76. The predicted molar refractivity (Wildman–Crippen MR) is 129 cm³/mol. The lowest BCUT2D eigenvalue weighted by Crippen LogP contribution is -2.29. The monoisotopic (exact) mass is 462 g/mol. The number of benzene rings is 2. The summed E-state index contributed by atoms with van der Waals surface area (Å²) in [7, 11) is 1.60. The SMILES string of the molecule is CCCCOC(=O)C1=C(C)Nc2ncnn2C1c1ccc(OCc2ccccc2C)c(OC)c1. The molecule has 3 aromatic rings. The molecule has 0 saturated heterocycles. The fourth-order valence-electron chi connectivity index (χ4n) is 3.95. The molecule has 1 unspecified atom stereocenters. The van der Waals surface area contributed by atoms with Gasteiger partial charge in [0.25, 0.3) is 0 Å². The zero-order chi connectivity index (χ0) is 24.1. The predicted octanol–water partition coefficient (Wildman–Crippen LogP) is 4.81. The Morgan fingerprint density at radius 1 is 1.15 bits per heavy atom. The molecule has 0 aliphatic carbocycles. The molecule has 4 rings (SSSR count). The molecule has 34 heavy (non-hydrogen) atoms. The number of hydrogen-bond donors (Lipinski definition) is 1. The Labute approximate surface area is 199 Å². The highest BCUT2D eigenvalue weighted by molar-refractivity contribution is 5.92. The average molecular weight is 463 g/mol. The Morgan fingerprint density at radius 3 is 2.74 bits per heavy atom. The summed E-state index contributed by atoms with van der Waals surface area (Å²) in [4.78, 5) is 17.4. The van der Waals surface area contributed by atoms with Crippen LogP contribution in [-0.4, -0.2) is 34.5 Å². The first kappa shape index (κ1) is 23.4. The van der Waals surface area contributed by atoms with Crippen molar-refractivity contribution in [1.29, 1.82) is 0 Å². The van der Waals surface area contributed by atoms with Crippen LogP contribution in [0.4, 0.5) is 5.95 Å². The smallest absolute Gasteiger partial charge is 0.338 e. The maximum absolute atomic E-state index is 13.1. The van der Waals surface area contributed by atoms with Crippen LogP contribution in [0.25, 0.3) is 0 Å². The van der Waals surface area contributed by atoms with Gasteiger partial charge in [-0.25, -0.2) is 9.48 Å². The van der Waals surface area contributed by atoms with E-state index in [1.165, 1.54) is 11.9 Å². The number of allylic oxidation sites excluding steroid dienone is 1. The number of anilines is 1. The number of fused-ring (bicyclic) bond motifs is 1. The molecule has 2 aromatic carbocycles. The summed E-state index contributed by atoms with van der Waals surface area (Å²) < 4.78 is 19.0. The fourth-order valence-corrected chi connectivity index (χ4v) is 3.95. The van der Waals surface area contributed by atoms with Gasteiger partial charge in [-0.1, -0.05) is 43.7 Å². The summed E-state index contributed by atoms with van der Waals surface area (Å²) >= 11 is 0. The molecule has 0 amide bonds. The van der Waals surface area contributed by atoms with Gasteiger partial charge in [0.05, 0.1) is 19.3 Å². The number of hydrogen-bond acceptors (Lipinski definition) is 7. The van der Waals surface area contributed by atoms with Gasteiger partial charge in [0, 0.05) is 5.70 Å². The van der Waals surface area contributed by atoms with Gasteiger partial charge in [-0.2, -0.15) is 10.1 Å². The van der Waals surface area contributed by atoms with Crippen LogP contribution < -0.4 is 14.8 Å². The van der Waals surface area contributed by atoms with Crippen LogP contribution in [0.1, 0.15) is 49.4 Å². The first-order valence-electron chi connectivity index (χ1n) is 11.4. The van der Waals surface area contributed by atoms with Crippen molar-refractivity contribution in [2.75, 3.05) is 19.0 Å². The van der Waals surface area contributed by atoms with E-state index in [9.17, 15) is 4.79 Å². The standard InChI is InChI=1S/C26H30N4O4/c1-5-6-13-33-25(31)23-18(3)29-26-27-16-28-30(26)24(23)19-11-12-21(22(14-19)32-4)34-15-20-10-8-7-9-17(20)2/h7-12,14,16,24H,5-6,13,15H2,1-4H3,(H,27,28,29). The van der Waals surface area contributed by atoms with E-state index in [-0.39, 0.29) is 5.97 Å². The van der Waals surface area contributed by atoms with Gasteiger partial charge in [-0.15, -0.1) is 0 Å². The van der Waals surface area contributed by atoms with E-state index < -0.39 is 6.04 Å². The molecule has 0 bridgehead atoms. The van der Waals surface area contributed by atoms with Crippen molar-refractivity contribution in [3.8, 4) is 11.5 Å². The lowest BCUT2D eigenvalue weighted by atomic mass is 9.95. The molecule has 1 aliphatic rings. The first-order valence-corrected chi connectivity index (χ1v) is 11.4. The number of rotatable bonds is 9. The van der Waals surface area contributed by atoms with E-state index in [4.69, 9.17) is 14.2 Å². The topological polar surface area (TPSA) is 87.5 Å². The summed E-state index contributed by atoms with van der Waals surface area (Å²) in [6.07, 6.45) is 3.22. The van der Waals surface area contributed by atoms with E-state index in [1.54, 1.807) is 11.8 Å². The first-order chi connectivity index (χ1) is 16.5. The van der Waals surface area contributed by atoms with E-state index in [0.29, 0.717) is 41.9 Å². The highest BCUT2D eigenvalue weighted by Gasteiger charge is 2.34. The minimum absolute atomic E-state index is 0.372. The second-order valence-electron chi connectivity index (χ2n) is 8.21. The average Bonchev–Trinajstić information content (AvgIpc) is 3.30. The molecule has 2 heterocycles. The number of ether oxygens (including phenoxy) is 3. The van der Waals surface area contributed by atoms with Crippen LogP contribution in [-0.2, 0) is 16.1 Å². The Hall–Kier alpha value is -3.81. The zero-order valence-corrected chi connectivity index (χ0v) is 20.0. The molecule has 0 spiro atoms. The number of carbonyl (C=O) groups is 1. The van der Waals surface area contributed by atoms with Crippen LogP contribution in [0.15, 0.2) is 60.1 Å². The van der Waals surface area contributed by atoms with Crippen molar-refractivity contribution in [1.82, 2.24) is 14.8 Å². The van der Waals surface area contributed by atoms with Crippen LogP contribution in [0.5, 0.6) is 11.5 Å². The molecule has 1 aromatic heterocycles. The third kappa shape index (κ3) is 4.76. The maximum Gasteiger partial charge on any atom is 0.338 e. The van der Waals surface area contributed by atoms with E-state index in [1.807, 2.05) is 43.3 Å². The van der Waals surface area contributed by atoms with Crippen molar-refractivity contribution in [2.24, 2.45) is 0 Å². The molecule has 1 aliphatic heterocycles. The van der Waals surface area contributed by atoms with Crippen LogP contribution in [0, 0.1) is 6.92 Å². The third-order valence-electron chi connectivity index (χ3n) is 5.89. The minimum atomic E-state index is -0.507. The second kappa shape index (κ2) is 10.4. The Morgan fingerprint density at radius 2 is 1.97 bits per heavy atom. The Kier molecular flexibility index (Phi) is 7.15. The molecule has 1 N–H and O–H groups in total. The lowest BCUT2D eigenvalue weighted by Gasteiger charge is -2.28. The summed E-state index contributed by atoms with van der Waals surface area (Å²) in [5, 5.41) is 7.53. The van der Waals surface area contributed by atoms with Gasteiger partial charge in [-0.3, -0.25) is 0 Å². The lowest BCUT2D eigenvalue weighted by molar-refractivity contribution is -0.139. The molecular formula is C26H30N4O4. The number of aryl methyl sites for hydroxylation is 1. The Balaban J connectivity index is 1.65. The van der Waals surface area contributed by atoms with Crippen molar-refractivity contribution in [3.63, 3.8) is 0 Å². The van der Waals surface area contributed by atoms with Crippen molar-refractivity contribution < 1.29 is 19.0 Å². The third-order valence-corrected chi connectivity index (χ3v) is 5.89. The molecule has 8 nitrogen and oxygen atoms in total. The molecule has 8 heteroatoms. The highest BCUT2D eigenvalue weighted by atomic mass is 16.5. The summed E-state index contributed by atoms with van der Waals surface area (Å²) in [5.74, 6) is 1.38. The number of nitrogens with zero attached hydrogens (tertiary/aromatic N) is 3. The normalized spacial score (nSPS) is 14.9. The summed E-state index contributed by atoms with van der Waals surface area (Å²) in [5.41, 5.74) is 4.26. The zero-order valence-electron chi connectivity index (χ0n) is 20.0. The molecule has 1 atom stereocenters.